The molecule has 0 unspecified atom stereocenters. The molecule has 4 rings (SSSR count). The number of fused-ring (bicyclic) bond motifs is 2. The second-order valence-corrected chi connectivity index (χ2v) is 14.2. The first-order valence-electron chi connectivity index (χ1n) is 12.2. The van der Waals surface area contributed by atoms with Crippen LogP contribution in [0.2, 0.25) is 0 Å². The number of para-hydroxylation sites is 4. The van der Waals surface area contributed by atoms with E-state index in [2.05, 4.69) is 114 Å². The molecular weight excluding hydrogens is 599 g/mol. The molecule has 7 heteroatoms. The topological polar surface area (TPSA) is 35.6 Å². The molecule has 0 fully saturated rings. The van der Waals surface area contributed by atoms with Crippen LogP contribution in [0.1, 0.15) is 77.9 Å². The van der Waals surface area contributed by atoms with Crippen LogP contribution in [0.3, 0.4) is 0 Å². The van der Waals surface area contributed by atoms with Crippen molar-refractivity contribution in [2.75, 3.05) is 0 Å². The molecule has 188 valence electrons. The fourth-order valence-electron chi connectivity index (χ4n) is 4.70. The van der Waals surface area contributed by atoms with Crippen LogP contribution >= 0.6 is 28.5 Å². The Morgan fingerprint density at radius 2 is 1.09 bits per heavy atom. The van der Waals surface area contributed by atoms with E-state index >= 15 is 0 Å². The van der Waals surface area contributed by atoms with Crippen molar-refractivity contribution in [2.45, 2.75) is 84.7 Å². The third-order valence-corrected chi connectivity index (χ3v) is 6.40. The Morgan fingerprint density at radius 3 is 1.47 bits per heavy atom. The van der Waals surface area contributed by atoms with Gasteiger partial charge in [0.2, 0.25) is 0 Å². The number of aromatic nitrogens is 4. The molecule has 0 N–H and O–H groups in total. The van der Waals surface area contributed by atoms with Gasteiger partial charge in [-0.1, -0.05) is 63.8 Å². The van der Waals surface area contributed by atoms with Crippen molar-refractivity contribution in [2.24, 2.45) is 0 Å². The standard InChI is InChI=1S/C27H36N4.2BrH.Ni/c1-5-7-13-19-30-23-17-11-9-15-21(23)28-25(30)27(3,4)26-29-22-16-10-12-18-24(22)31(26)20-14-8-6-2;;;/h9-12,15-18H,5-8,13-14,19-20H2,1-4H3;2*1H;/q;;;+2/p-2. The Hall–Kier alpha value is -1.17. The van der Waals surface area contributed by atoms with Gasteiger partial charge in [0.15, 0.2) is 0 Å². The summed E-state index contributed by atoms with van der Waals surface area (Å²) in [7, 11) is 1.25. The van der Waals surface area contributed by atoms with Gasteiger partial charge in [-0.05, 0) is 51.0 Å². The average Bonchev–Trinajstić information content (AvgIpc) is 3.40. The number of unbranched alkanes of at least 4 members (excludes halogenated alkanes) is 4. The second kappa shape index (κ2) is 13.2. The van der Waals surface area contributed by atoms with E-state index in [-0.39, 0.29) is 5.41 Å². The van der Waals surface area contributed by atoms with Crippen molar-refractivity contribution in [1.29, 1.82) is 0 Å². The van der Waals surface area contributed by atoms with Crippen LogP contribution in [0.4, 0.5) is 0 Å². The molecule has 0 bridgehead atoms. The van der Waals surface area contributed by atoms with Gasteiger partial charge >= 0.3 is 39.3 Å². The van der Waals surface area contributed by atoms with Gasteiger partial charge in [-0.15, -0.1) is 0 Å². The number of benzene rings is 2. The number of rotatable bonds is 10. The first-order chi connectivity index (χ1) is 16.5. The SMILES string of the molecule is CCCCCn1c(C(C)(C)c2nc3ccccc3n2CCCCC)nc2ccccc21.[Br][Ni][Br]. The van der Waals surface area contributed by atoms with E-state index < -0.39 is 0 Å². The molecule has 0 atom stereocenters. The Balaban J connectivity index is 0.00000103. The quantitative estimate of drug-likeness (QED) is 0.129. The van der Waals surface area contributed by atoms with Crippen LogP contribution in [0.5, 0.6) is 0 Å². The van der Waals surface area contributed by atoms with Crippen molar-refractivity contribution in [1.82, 2.24) is 19.1 Å². The molecule has 4 nitrogen and oxygen atoms in total. The summed E-state index contributed by atoms with van der Waals surface area (Å²) in [5, 5.41) is 0. The van der Waals surface area contributed by atoms with Gasteiger partial charge in [0.1, 0.15) is 11.6 Å². The minimum atomic E-state index is -0.295. The van der Waals surface area contributed by atoms with Crippen LogP contribution in [-0.2, 0) is 29.4 Å². The van der Waals surface area contributed by atoms with Gasteiger partial charge < -0.3 is 9.13 Å². The first-order valence-corrected chi connectivity index (χ1v) is 17.1. The van der Waals surface area contributed by atoms with Gasteiger partial charge in [0, 0.05) is 13.1 Å². The first kappa shape index (κ1) is 27.4. The third-order valence-electron chi connectivity index (χ3n) is 6.40. The maximum atomic E-state index is 5.16. The van der Waals surface area contributed by atoms with E-state index in [4.69, 9.17) is 9.97 Å². The summed E-state index contributed by atoms with van der Waals surface area (Å²) >= 11 is 6.00. The molecule has 2 heterocycles. The summed E-state index contributed by atoms with van der Waals surface area (Å²) in [6.07, 6.45) is 7.26. The normalized spacial score (nSPS) is 11.8. The number of imidazole rings is 2. The van der Waals surface area contributed by atoms with Crippen LogP contribution in [0.15, 0.2) is 48.5 Å². The molecule has 0 aliphatic heterocycles. The fraction of sp³-hybridized carbons (Fsp3) is 0.481. The molecule has 0 aliphatic rings. The molecule has 2 aromatic heterocycles. The second-order valence-electron chi connectivity index (χ2n) is 9.24. The summed E-state index contributed by atoms with van der Waals surface area (Å²) < 4.78 is 4.89. The zero-order valence-corrected chi connectivity index (χ0v) is 24.8. The number of halogens is 2. The van der Waals surface area contributed by atoms with E-state index in [0.717, 1.165) is 35.8 Å². The number of hydrogen-bond acceptors (Lipinski definition) is 2. The Labute approximate surface area is 224 Å². The molecule has 0 spiro atoms. The monoisotopic (exact) mass is 632 g/mol. The van der Waals surface area contributed by atoms with Crippen LogP contribution in [-0.4, -0.2) is 19.1 Å². The van der Waals surface area contributed by atoms with Crippen molar-refractivity contribution >= 4 is 50.5 Å². The summed E-state index contributed by atoms with van der Waals surface area (Å²) in [6, 6.07) is 17.1. The van der Waals surface area contributed by atoms with Gasteiger partial charge in [0.05, 0.1) is 27.5 Å². The third kappa shape index (κ3) is 6.14. The van der Waals surface area contributed by atoms with Crippen LogP contribution in [0, 0.1) is 0 Å². The molecule has 0 amide bonds. The number of aryl methyl sites for hydroxylation is 2. The van der Waals surface area contributed by atoms with Crippen LogP contribution in [0.25, 0.3) is 22.1 Å². The van der Waals surface area contributed by atoms with Crippen LogP contribution < -0.4 is 0 Å². The van der Waals surface area contributed by atoms with Crippen molar-refractivity contribution in [3.63, 3.8) is 0 Å². The van der Waals surface area contributed by atoms with E-state index in [1.807, 2.05) is 0 Å². The molecule has 0 saturated heterocycles. The molecule has 0 aliphatic carbocycles. The van der Waals surface area contributed by atoms with E-state index in [1.165, 1.54) is 60.5 Å². The summed E-state index contributed by atoms with van der Waals surface area (Å²) in [6.45, 7) is 11.1. The molecule has 34 heavy (non-hydrogen) atoms. The minimum absolute atomic E-state index is 0.295. The molecule has 0 saturated carbocycles. The Morgan fingerprint density at radius 1 is 0.706 bits per heavy atom. The van der Waals surface area contributed by atoms with E-state index in [1.54, 1.807) is 0 Å². The molecule has 2 aromatic carbocycles. The fourth-order valence-corrected chi connectivity index (χ4v) is 4.70. The predicted octanol–water partition coefficient (Wildman–Crippen LogP) is 8.78. The average molecular weight is 635 g/mol. The molecular formula is C27H36Br2N4Ni. The number of hydrogen-bond donors (Lipinski definition) is 0. The van der Waals surface area contributed by atoms with Gasteiger partial charge in [-0.25, -0.2) is 9.97 Å². The van der Waals surface area contributed by atoms with Gasteiger partial charge in [-0.2, -0.15) is 0 Å². The van der Waals surface area contributed by atoms with E-state index in [0.29, 0.717) is 0 Å². The predicted molar refractivity (Wildman–Crippen MR) is 148 cm³/mol. The van der Waals surface area contributed by atoms with Gasteiger partial charge in [0.25, 0.3) is 0 Å². The summed E-state index contributed by atoms with van der Waals surface area (Å²) in [5.74, 6) is 2.24. The van der Waals surface area contributed by atoms with Crippen molar-refractivity contribution in [3.05, 3.63) is 60.2 Å². The Kier molecular flexibility index (Phi) is 10.7. The molecule has 4 aromatic rings. The molecule has 0 radical (unpaired) electrons. The summed E-state index contributed by atoms with van der Waals surface area (Å²) in [5.41, 5.74) is 4.33. The number of nitrogens with zero attached hydrogens (tertiary/aromatic N) is 4. The Bertz CT molecular complexity index is 1090. The zero-order valence-electron chi connectivity index (χ0n) is 20.6. The van der Waals surface area contributed by atoms with Gasteiger partial charge in [-0.3, -0.25) is 0 Å². The van der Waals surface area contributed by atoms with Crippen molar-refractivity contribution in [3.8, 4) is 0 Å². The van der Waals surface area contributed by atoms with E-state index in [9.17, 15) is 0 Å². The summed E-state index contributed by atoms with van der Waals surface area (Å²) in [4.78, 5) is 10.3. The van der Waals surface area contributed by atoms with Crippen molar-refractivity contribution < 1.29 is 10.9 Å². The zero-order chi connectivity index (χ0) is 24.6. The maximum absolute atomic E-state index is 5.16.